The zero-order valence-electron chi connectivity index (χ0n) is 16.1. The van der Waals surface area contributed by atoms with Crippen molar-refractivity contribution >= 4 is 32.5 Å². The molecular formula is C21H20N4O4S. The smallest absolute Gasteiger partial charge is 0.274 e. The summed E-state index contributed by atoms with van der Waals surface area (Å²) in [6.45, 7) is 0. The van der Waals surface area contributed by atoms with E-state index in [2.05, 4.69) is 14.7 Å². The summed E-state index contributed by atoms with van der Waals surface area (Å²) >= 11 is 0. The first-order valence-electron chi connectivity index (χ1n) is 9.18. The lowest BCUT2D eigenvalue weighted by Crippen LogP contribution is -2.45. The Hall–Kier alpha value is -3.27. The topological polar surface area (TPSA) is 124 Å². The van der Waals surface area contributed by atoms with Crippen molar-refractivity contribution in [2.75, 3.05) is 6.26 Å². The summed E-state index contributed by atoms with van der Waals surface area (Å²) in [6.07, 6.45) is 7.07. The van der Waals surface area contributed by atoms with Crippen LogP contribution < -0.4 is 10.2 Å². The average Bonchev–Trinajstić information content (AvgIpc) is 3.17. The molecule has 0 spiro atoms. The maximum absolute atomic E-state index is 12.1. The van der Waals surface area contributed by atoms with Gasteiger partial charge in [-0.1, -0.05) is 48.6 Å². The molecule has 0 saturated heterocycles. The molecule has 3 aromatic rings. The number of benzene rings is 2. The number of aromatic amines is 1. The lowest BCUT2D eigenvalue weighted by molar-refractivity contribution is 0.0706. The van der Waals surface area contributed by atoms with E-state index in [1.807, 2.05) is 42.5 Å². The quantitative estimate of drug-likeness (QED) is 0.370. The van der Waals surface area contributed by atoms with E-state index in [4.69, 9.17) is 5.21 Å². The molecule has 1 aliphatic rings. The van der Waals surface area contributed by atoms with Gasteiger partial charge in [0.15, 0.2) is 0 Å². The molecule has 1 amide bonds. The Labute approximate surface area is 173 Å². The second-order valence-corrected chi connectivity index (χ2v) is 8.92. The van der Waals surface area contributed by atoms with E-state index in [9.17, 15) is 13.2 Å². The highest BCUT2D eigenvalue weighted by molar-refractivity contribution is 7.88. The Balaban J connectivity index is 1.76. The highest BCUT2D eigenvalue weighted by atomic mass is 32.2. The van der Waals surface area contributed by atoms with Crippen LogP contribution in [0.4, 0.5) is 0 Å². The third-order valence-corrected chi connectivity index (χ3v) is 5.67. The number of carbonyl (C=O) groups excluding carboxylic acids is 1. The van der Waals surface area contributed by atoms with E-state index in [1.165, 1.54) is 6.07 Å². The van der Waals surface area contributed by atoms with Gasteiger partial charge in [-0.25, -0.2) is 18.9 Å². The van der Waals surface area contributed by atoms with Crippen LogP contribution >= 0.6 is 0 Å². The molecule has 1 aromatic heterocycles. The molecule has 1 atom stereocenters. The molecule has 4 rings (SSSR count). The zero-order valence-corrected chi connectivity index (χ0v) is 16.9. The zero-order chi connectivity index (χ0) is 21.4. The summed E-state index contributed by atoms with van der Waals surface area (Å²) < 4.78 is 27.0. The molecule has 0 bridgehead atoms. The Bertz CT molecular complexity index is 1280. The standard InChI is InChI=1S/C21H20N4O4S/c1-30(28,29)25-21(11-9-15(10-12-21)14-5-3-2-4-6-14)20-22-17-8-7-16(19(26)24-27)13-18(17)23-20/h2-11,13,25,27H,12H2,1H3,(H,22,23)(H,24,26). The van der Waals surface area contributed by atoms with Crippen LogP contribution in [-0.4, -0.2) is 35.8 Å². The first kappa shape index (κ1) is 20.0. The molecule has 1 aliphatic carbocycles. The maximum atomic E-state index is 12.1. The molecule has 2 aromatic carbocycles. The molecule has 0 fully saturated rings. The van der Waals surface area contributed by atoms with Crippen LogP contribution in [0.3, 0.4) is 0 Å². The Morgan fingerprint density at radius 2 is 1.97 bits per heavy atom. The summed E-state index contributed by atoms with van der Waals surface area (Å²) in [7, 11) is -3.56. The third-order valence-electron chi connectivity index (χ3n) is 4.93. The number of aromatic nitrogens is 2. The van der Waals surface area contributed by atoms with E-state index in [0.29, 0.717) is 23.3 Å². The molecule has 0 saturated carbocycles. The minimum atomic E-state index is -3.56. The van der Waals surface area contributed by atoms with Crippen LogP contribution in [0.2, 0.25) is 0 Å². The van der Waals surface area contributed by atoms with E-state index >= 15 is 0 Å². The van der Waals surface area contributed by atoms with Gasteiger partial charge in [0.25, 0.3) is 5.91 Å². The second kappa shape index (κ2) is 7.52. The summed E-state index contributed by atoms with van der Waals surface area (Å²) in [5.74, 6) is -0.242. The summed E-state index contributed by atoms with van der Waals surface area (Å²) in [6, 6.07) is 14.5. The van der Waals surface area contributed by atoms with Crippen LogP contribution in [0, 0.1) is 0 Å². The van der Waals surface area contributed by atoms with Gasteiger partial charge in [-0.3, -0.25) is 10.0 Å². The fourth-order valence-electron chi connectivity index (χ4n) is 3.54. The SMILES string of the molecule is CS(=O)(=O)NC1(c2nc3ccc(C(=O)NO)cc3[nH]2)C=CC(c2ccccc2)=CC1. The number of fused-ring (bicyclic) bond motifs is 1. The monoisotopic (exact) mass is 424 g/mol. The van der Waals surface area contributed by atoms with Crippen LogP contribution in [0.15, 0.2) is 66.8 Å². The van der Waals surface area contributed by atoms with Crippen LogP contribution in [0.25, 0.3) is 16.6 Å². The maximum Gasteiger partial charge on any atom is 0.274 e. The Morgan fingerprint density at radius 3 is 2.60 bits per heavy atom. The predicted octanol–water partition coefficient (Wildman–Crippen LogP) is 2.47. The van der Waals surface area contributed by atoms with E-state index in [0.717, 1.165) is 17.4 Å². The molecular weight excluding hydrogens is 404 g/mol. The van der Waals surface area contributed by atoms with E-state index in [-0.39, 0.29) is 5.56 Å². The van der Waals surface area contributed by atoms with Gasteiger partial charge in [0.1, 0.15) is 11.4 Å². The number of nitrogens with one attached hydrogen (secondary N) is 3. The van der Waals surface area contributed by atoms with Crippen molar-refractivity contribution in [1.82, 2.24) is 20.2 Å². The number of hydroxylamine groups is 1. The minimum Gasteiger partial charge on any atom is -0.340 e. The molecule has 154 valence electrons. The average molecular weight is 424 g/mol. The Morgan fingerprint density at radius 1 is 1.20 bits per heavy atom. The van der Waals surface area contributed by atoms with E-state index < -0.39 is 21.5 Å². The van der Waals surface area contributed by atoms with Gasteiger partial charge in [0, 0.05) is 5.56 Å². The van der Waals surface area contributed by atoms with Crippen molar-refractivity contribution in [1.29, 1.82) is 0 Å². The van der Waals surface area contributed by atoms with Gasteiger partial charge >= 0.3 is 0 Å². The van der Waals surface area contributed by atoms with Crippen molar-refractivity contribution in [3.05, 3.63) is 83.7 Å². The van der Waals surface area contributed by atoms with Crippen LogP contribution in [-0.2, 0) is 15.6 Å². The molecule has 30 heavy (non-hydrogen) atoms. The third kappa shape index (κ3) is 3.90. The number of rotatable bonds is 5. The van der Waals surface area contributed by atoms with Crippen molar-refractivity contribution < 1.29 is 18.4 Å². The molecule has 0 aliphatic heterocycles. The number of carbonyl (C=O) groups is 1. The normalized spacial score (nSPS) is 18.9. The van der Waals surface area contributed by atoms with E-state index in [1.54, 1.807) is 23.7 Å². The highest BCUT2D eigenvalue weighted by Crippen LogP contribution is 2.34. The van der Waals surface area contributed by atoms with Gasteiger partial charge in [0.2, 0.25) is 10.0 Å². The number of hydrogen-bond donors (Lipinski definition) is 4. The number of nitrogens with zero attached hydrogens (tertiary/aromatic N) is 1. The van der Waals surface area contributed by atoms with Crippen LogP contribution in [0.5, 0.6) is 0 Å². The van der Waals surface area contributed by atoms with Crippen molar-refractivity contribution in [2.24, 2.45) is 0 Å². The number of H-pyrrole nitrogens is 1. The van der Waals surface area contributed by atoms with Gasteiger partial charge in [0.05, 0.1) is 17.3 Å². The lowest BCUT2D eigenvalue weighted by atomic mass is 9.87. The summed E-state index contributed by atoms with van der Waals surface area (Å²) in [5, 5.41) is 8.84. The Kier molecular flexibility index (Phi) is 5.02. The number of hydrogen-bond acceptors (Lipinski definition) is 5. The van der Waals surface area contributed by atoms with Crippen LogP contribution in [0.1, 0.15) is 28.2 Å². The summed E-state index contributed by atoms with van der Waals surface area (Å²) in [4.78, 5) is 19.4. The number of allylic oxidation sites excluding steroid dienone is 2. The second-order valence-electron chi connectivity index (χ2n) is 7.17. The minimum absolute atomic E-state index is 0.246. The van der Waals surface area contributed by atoms with Crippen molar-refractivity contribution in [3.63, 3.8) is 0 Å². The number of sulfonamides is 1. The molecule has 1 unspecified atom stereocenters. The van der Waals surface area contributed by atoms with Gasteiger partial charge in [-0.15, -0.1) is 0 Å². The lowest BCUT2D eigenvalue weighted by Gasteiger charge is -2.30. The molecule has 4 N–H and O–H groups in total. The molecule has 0 radical (unpaired) electrons. The number of amides is 1. The largest absolute Gasteiger partial charge is 0.340 e. The first-order valence-corrected chi connectivity index (χ1v) is 11.1. The first-order chi connectivity index (χ1) is 14.3. The van der Waals surface area contributed by atoms with Crippen molar-refractivity contribution in [2.45, 2.75) is 12.0 Å². The molecule has 1 heterocycles. The van der Waals surface area contributed by atoms with Gasteiger partial charge in [-0.2, -0.15) is 4.72 Å². The molecule has 8 nitrogen and oxygen atoms in total. The fraction of sp³-hybridized carbons (Fsp3) is 0.143. The van der Waals surface area contributed by atoms with Crippen molar-refractivity contribution in [3.8, 4) is 0 Å². The fourth-order valence-corrected chi connectivity index (χ4v) is 4.45. The highest BCUT2D eigenvalue weighted by Gasteiger charge is 2.36. The predicted molar refractivity (Wildman–Crippen MR) is 113 cm³/mol. The number of imidazole rings is 1. The van der Waals surface area contributed by atoms with Gasteiger partial charge in [-0.05, 0) is 35.8 Å². The van der Waals surface area contributed by atoms with Gasteiger partial charge < -0.3 is 4.98 Å². The summed E-state index contributed by atoms with van der Waals surface area (Å²) in [5.41, 5.74) is 3.88. The molecule has 9 heteroatoms.